The molecule has 0 fully saturated rings. The molecule has 86 valence electrons. The number of ether oxygens (including phenoxy) is 2. The first-order valence-corrected chi connectivity index (χ1v) is 5.41. The smallest absolute Gasteiger partial charge is 0.0545 e. The van der Waals surface area contributed by atoms with Crippen molar-refractivity contribution in [3.05, 3.63) is 0 Å². The average Bonchev–Trinajstić information content (AvgIpc) is 2.03. The molecule has 0 aliphatic rings. The van der Waals surface area contributed by atoms with Crippen molar-refractivity contribution in [2.24, 2.45) is 10.8 Å². The summed E-state index contributed by atoms with van der Waals surface area (Å²) in [5.41, 5.74) is 0.361. The van der Waals surface area contributed by atoms with E-state index in [0.29, 0.717) is 0 Å². The van der Waals surface area contributed by atoms with E-state index in [9.17, 15) is 0 Å². The molecule has 0 saturated carbocycles. The van der Waals surface area contributed by atoms with Crippen LogP contribution in [0.2, 0.25) is 0 Å². The van der Waals surface area contributed by atoms with Crippen molar-refractivity contribution in [3.63, 3.8) is 0 Å². The molecule has 0 aliphatic heterocycles. The normalized spacial score (nSPS) is 13.3. The Morgan fingerprint density at radius 3 is 1.57 bits per heavy atom. The molecular formula is C12H26O2. The summed E-state index contributed by atoms with van der Waals surface area (Å²) in [7, 11) is 3.54. The Balaban J connectivity index is 4.73. The van der Waals surface area contributed by atoms with E-state index >= 15 is 0 Å². The molecule has 0 rings (SSSR count). The van der Waals surface area contributed by atoms with E-state index in [1.165, 1.54) is 6.42 Å². The molecule has 0 saturated heterocycles. The van der Waals surface area contributed by atoms with Crippen LogP contribution in [0.5, 0.6) is 0 Å². The zero-order valence-corrected chi connectivity index (χ0v) is 10.6. The van der Waals surface area contributed by atoms with Crippen LogP contribution in [0, 0.1) is 10.8 Å². The second kappa shape index (κ2) is 5.72. The second-order valence-electron chi connectivity index (χ2n) is 5.15. The predicted octanol–water partition coefficient (Wildman–Crippen LogP) is 3.11. The van der Waals surface area contributed by atoms with Gasteiger partial charge in [-0.05, 0) is 11.8 Å². The van der Waals surface area contributed by atoms with Gasteiger partial charge in [0, 0.05) is 19.6 Å². The lowest BCUT2D eigenvalue weighted by Crippen LogP contribution is -2.43. The van der Waals surface area contributed by atoms with Crippen LogP contribution >= 0.6 is 0 Å². The molecular weight excluding hydrogens is 176 g/mol. The summed E-state index contributed by atoms with van der Waals surface area (Å²) >= 11 is 0. The summed E-state index contributed by atoms with van der Waals surface area (Å²) in [5.74, 6) is 0. The molecule has 0 aromatic carbocycles. The lowest BCUT2D eigenvalue weighted by Gasteiger charge is -2.44. The van der Waals surface area contributed by atoms with Crippen molar-refractivity contribution in [2.75, 3.05) is 27.4 Å². The summed E-state index contributed by atoms with van der Waals surface area (Å²) in [4.78, 5) is 0. The summed E-state index contributed by atoms with van der Waals surface area (Å²) in [5, 5.41) is 0. The molecule has 0 aromatic rings. The first-order valence-electron chi connectivity index (χ1n) is 5.41. The first-order chi connectivity index (χ1) is 6.43. The highest BCUT2D eigenvalue weighted by molar-refractivity contribution is 4.89. The lowest BCUT2D eigenvalue weighted by atomic mass is 9.65. The molecule has 2 nitrogen and oxygen atoms in total. The van der Waals surface area contributed by atoms with Crippen LogP contribution in [0.1, 0.15) is 40.5 Å². The molecule has 0 N–H and O–H groups in total. The fourth-order valence-corrected chi connectivity index (χ4v) is 2.03. The Bertz CT molecular complexity index is 130. The standard InChI is InChI=1S/C12H26O2/c1-7-8-12(9-13-5,10-14-6)11(2,3)4/h7-10H2,1-6H3. The van der Waals surface area contributed by atoms with Gasteiger partial charge in [-0.15, -0.1) is 0 Å². The molecule has 14 heavy (non-hydrogen) atoms. The van der Waals surface area contributed by atoms with Crippen LogP contribution in [0.3, 0.4) is 0 Å². The molecule has 0 radical (unpaired) electrons. The average molecular weight is 202 g/mol. The molecule has 0 aromatic heterocycles. The fraction of sp³-hybridized carbons (Fsp3) is 1.00. The molecule has 0 aliphatic carbocycles. The van der Waals surface area contributed by atoms with E-state index in [-0.39, 0.29) is 10.8 Å². The summed E-state index contributed by atoms with van der Waals surface area (Å²) in [6.07, 6.45) is 2.32. The van der Waals surface area contributed by atoms with Crippen LogP contribution in [0.4, 0.5) is 0 Å². The van der Waals surface area contributed by atoms with E-state index in [2.05, 4.69) is 27.7 Å². The predicted molar refractivity (Wildman–Crippen MR) is 60.5 cm³/mol. The highest BCUT2D eigenvalue weighted by Gasteiger charge is 2.41. The van der Waals surface area contributed by atoms with Crippen LogP contribution in [-0.4, -0.2) is 27.4 Å². The van der Waals surface area contributed by atoms with Gasteiger partial charge < -0.3 is 9.47 Å². The van der Waals surface area contributed by atoms with Gasteiger partial charge in [-0.3, -0.25) is 0 Å². The van der Waals surface area contributed by atoms with Crippen LogP contribution in [0.25, 0.3) is 0 Å². The lowest BCUT2D eigenvalue weighted by molar-refractivity contribution is -0.0660. The van der Waals surface area contributed by atoms with E-state index < -0.39 is 0 Å². The summed E-state index contributed by atoms with van der Waals surface area (Å²) < 4.78 is 10.7. The van der Waals surface area contributed by atoms with Crippen molar-refractivity contribution in [1.29, 1.82) is 0 Å². The topological polar surface area (TPSA) is 18.5 Å². The second-order valence-corrected chi connectivity index (χ2v) is 5.15. The number of hydrogen-bond acceptors (Lipinski definition) is 2. The number of hydrogen-bond donors (Lipinski definition) is 0. The first kappa shape index (κ1) is 13.9. The Labute approximate surface area is 89.0 Å². The van der Waals surface area contributed by atoms with Gasteiger partial charge in [-0.2, -0.15) is 0 Å². The Morgan fingerprint density at radius 1 is 0.929 bits per heavy atom. The van der Waals surface area contributed by atoms with Gasteiger partial charge in [0.15, 0.2) is 0 Å². The van der Waals surface area contributed by atoms with Gasteiger partial charge in [-0.1, -0.05) is 34.1 Å². The van der Waals surface area contributed by atoms with Crippen molar-refractivity contribution in [1.82, 2.24) is 0 Å². The van der Waals surface area contributed by atoms with Crippen molar-refractivity contribution < 1.29 is 9.47 Å². The number of methoxy groups -OCH3 is 2. The maximum atomic E-state index is 5.36. The van der Waals surface area contributed by atoms with Crippen molar-refractivity contribution >= 4 is 0 Å². The van der Waals surface area contributed by atoms with Crippen LogP contribution in [-0.2, 0) is 9.47 Å². The number of rotatable bonds is 6. The molecule has 0 atom stereocenters. The maximum absolute atomic E-state index is 5.36. The Hall–Kier alpha value is -0.0800. The van der Waals surface area contributed by atoms with Gasteiger partial charge in [0.1, 0.15) is 0 Å². The van der Waals surface area contributed by atoms with E-state index in [0.717, 1.165) is 19.6 Å². The minimum Gasteiger partial charge on any atom is -0.384 e. The molecule has 0 amide bonds. The van der Waals surface area contributed by atoms with E-state index in [1.54, 1.807) is 14.2 Å². The molecule has 2 heteroatoms. The monoisotopic (exact) mass is 202 g/mol. The van der Waals surface area contributed by atoms with E-state index in [4.69, 9.17) is 9.47 Å². The minimum atomic E-state index is 0.144. The molecule has 0 spiro atoms. The van der Waals surface area contributed by atoms with Gasteiger partial charge in [0.25, 0.3) is 0 Å². The zero-order valence-electron chi connectivity index (χ0n) is 10.6. The highest BCUT2D eigenvalue weighted by atomic mass is 16.5. The zero-order chi connectivity index (χ0) is 11.2. The van der Waals surface area contributed by atoms with Gasteiger partial charge in [0.2, 0.25) is 0 Å². The summed E-state index contributed by atoms with van der Waals surface area (Å²) in [6.45, 7) is 10.6. The molecule has 0 heterocycles. The largest absolute Gasteiger partial charge is 0.384 e. The van der Waals surface area contributed by atoms with Crippen molar-refractivity contribution in [2.45, 2.75) is 40.5 Å². The van der Waals surface area contributed by atoms with Gasteiger partial charge >= 0.3 is 0 Å². The SMILES string of the molecule is CCCC(COC)(COC)C(C)(C)C. The Kier molecular flexibility index (Phi) is 5.68. The fourth-order valence-electron chi connectivity index (χ4n) is 2.03. The molecule has 0 bridgehead atoms. The van der Waals surface area contributed by atoms with Crippen molar-refractivity contribution in [3.8, 4) is 0 Å². The third-order valence-corrected chi connectivity index (χ3v) is 3.16. The van der Waals surface area contributed by atoms with Crippen LogP contribution in [0.15, 0.2) is 0 Å². The van der Waals surface area contributed by atoms with Gasteiger partial charge in [-0.25, -0.2) is 0 Å². The van der Waals surface area contributed by atoms with E-state index in [1.807, 2.05) is 0 Å². The maximum Gasteiger partial charge on any atom is 0.0545 e. The summed E-state index contributed by atoms with van der Waals surface area (Å²) in [6, 6.07) is 0. The van der Waals surface area contributed by atoms with Crippen LogP contribution < -0.4 is 0 Å². The molecule has 0 unspecified atom stereocenters. The quantitative estimate of drug-likeness (QED) is 0.659. The van der Waals surface area contributed by atoms with Gasteiger partial charge in [0.05, 0.1) is 13.2 Å². The highest BCUT2D eigenvalue weighted by Crippen LogP contribution is 2.43. The third kappa shape index (κ3) is 3.25. The third-order valence-electron chi connectivity index (χ3n) is 3.16. The minimum absolute atomic E-state index is 0.144. The Morgan fingerprint density at radius 2 is 1.36 bits per heavy atom.